The van der Waals surface area contributed by atoms with E-state index in [0.29, 0.717) is 36.8 Å². The van der Waals surface area contributed by atoms with Gasteiger partial charge in [-0.2, -0.15) is 4.31 Å². The molecule has 0 unspecified atom stereocenters. The number of hydrogen-bond donors (Lipinski definition) is 1. The van der Waals surface area contributed by atoms with Crippen molar-refractivity contribution >= 4 is 21.6 Å². The van der Waals surface area contributed by atoms with E-state index in [-0.39, 0.29) is 34.8 Å². The highest BCUT2D eigenvalue weighted by atomic mass is 32.2. The van der Waals surface area contributed by atoms with Gasteiger partial charge in [0, 0.05) is 30.3 Å². The molecule has 0 radical (unpaired) electrons. The van der Waals surface area contributed by atoms with Crippen LogP contribution in [0.5, 0.6) is 0 Å². The molecule has 178 valence electrons. The zero-order valence-electron chi connectivity index (χ0n) is 18.6. The number of amides is 1. The van der Waals surface area contributed by atoms with Crippen molar-refractivity contribution in [1.82, 2.24) is 4.31 Å². The summed E-state index contributed by atoms with van der Waals surface area (Å²) in [6, 6.07) is 14.8. The number of benzene rings is 3. The molecule has 3 aromatic carbocycles. The molecule has 6 nitrogen and oxygen atoms in total. The summed E-state index contributed by atoms with van der Waals surface area (Å²) in [6.07, 6.45) is 0.450. The Balaban J connectivity index is 1.71. The number of hydrogen-bond acceptors (Lipinski definition) is 4. The van der Waals surface area contributed by atoms with Gasteiger partial charge in [-0.15, -0.1) is 0 Å². The Labute approximate surface area is 197 Å². The number of carbonyl (C=O) groups is 1. The van der Waals surface area contributed by atoms with Gasteiger partial charge in [-0.1, -0.05) is 43.3 Å². The van der Waals surface area contributed by atoms with Crippen molar-refractivity contribution in [2.45, 2.75) is 18.2 Å². The molecule has 0 atom stereocenters. The number of ether oxygens (including phenoxy) is 1. The Morgan fingerprint density at radius 2 is 1.74 bits per heavy atom. The summed E-state index contributed by atoms with van der Waals surface area (Å²) in [6.45, 7) is 2.87. The third kappa shape index (κ3) is 4.86. The van der Waals surface area contributed by atoms with E-state index in [1.807, 2.05) is 6.92 Å². The van der Waals surface area contributed by atoms with Crippen molar-refractivity contribution in [1.29, 1.82) is 0 Å². The van der Waals surface area contributed by atoms with Crippen molar-refractivity contribution in [2.24, 2.45) is 0 Å². The standard InChI is InChI=1S/C25H24F2N2O4S/c1-2-17-8-9-19(14-23(17)34(31,32)29-10-12-33-13-11-29)25(30)28-24-21(15-20(26)16-22(24)27)18-6-4-3-5-7-18/h3-9,14-16H,2,10-13H2,1H3,(H,28,30). The Kier molecular flexibility index (Phi) is 7.06. The van der Waals surface area contributed by atoms with Crippen LogP contribution in [0.25, 0.3) is 11.1 Å². The van der Waals surface area contributed by atoms with Gasteiger partial charge in [0.05, 0.1) is 23.8 Å². The number of halogens is 2. The molecule has 1 amide bonds. The van der Waals surface area contributed by atoms with E-state index in [0.717, 1.165) is 6.07 Å². The maximum Gasteiger partial charge on any atom is 0.255 e. The number of rotatable bonds is 6. The molecule has 3 aromatic rings. The molecule has 4 rings (SSSR count). The first kappa shape index (κ1) is 24.0. The highest BCUT2D eigenvalue weighted by molar-refractivity contribution is 7.89. The second-order valence-electron chi connectivity index (χ2n) is 7.82. The average Bonchev–Trinajstić information content (AvgIpc) is 2.86. The van der Waals surface area contributed by atoms with E-state index in [1.54, 1.807) is 36.4 Å². The number of carbonyl (C=O) groups excluding carboxylic acids is 1. The van der Waals surface area contributed by atoms with Crippen LogP contribution in [0.15, 0.2) is 65.6 Å². The molecule has 1 aliphatic heterocycles. The minimum Gasteiger partial charge on any atom is -0.379 e. The predicted octanol–water partition coefficient (Wildman–Crippen LogP) is 4.47. The normalized spacial score (nSPS) is 14.7. The zero-order valence-corrected chi connectivity index (χ0v) is 19.4. The Morgan fingerprint density at radius 3 is 2.41 bits per heavy atom. The molecule has 0 aromatic heterocycles. The van der Waals surface area contributed by atoms with E-state index in [9.17, 15) is 22.0 Å². The lowest BCUT2D eigenvalue weighted by Gasteiger charge is -2.27. The van der Waals surface area contributed by atoms with Crippen LogP contribution in [0.1, 0.15) is 22.8 Å². The van der Waals surface area contributed by atoms with Gasteiger partial charge in [0.25, 0.3) is 5.91 Å². The van der Waals surface area contributed by atoms with Gasteiger partial charge in [0.15, 0.2) is 0 Å². The van der Waals surface area contributed by atoms with Crippen molar-refractivity contribution in [3.8, 4) is 11.1 Å². The fourth-order valence-corrected chi connectivity index (χ4v) is 5.61. The molecular formula is C25H24F2N2O4S. The number of nitrogens with one attached hydrogen (secondary N) is 1. The van der Waals surface area contributed by atoms with Crippen LogP contribution < -0.4 is 5.32 Å². The SMILES string of the molecule is CCc1ccc(C(=O)Nc2c(F)cc(F)cc2-c2ccccc2)cc1S(=O)(=O)N1CCOCC1. The lowest BCUT2D eigenvalue weighted by molar-refractivity contribution is 0.0730. The van der Waals surface area contributed by atoms with Gasteiger partial charge in [0.1, 0.15) is 11.6 Å². The second-order valence-corrected chi connectivity index (χ2v) is 9.73. The molecular weight excluding hydrogens is 462 g/mol. The van der Waals surface area contributed by atoms with Crippen molar-refractivity contribution in [3.63, 3.8) is 0 Å². The summed E-state index contributed by atoms with van der Waals surface area (Å²) in [7, 11) is -3.85. The van der Waals surface area contributed by atoms with E-state index in [4.69, 9.17) is 4.74 Å². The summed E-state index contributed by atoms with van der Waals surface area (Å²) in [5.41, 5.74) is 1.13. The largest absolute Gasteiger partial charge is 0.379 e. The third-order valence-electron chi connectivity index (χ3n) is 5.68. The minimum absolute atomic E-state index is 0.0346. The van der Waals surface area contributed by atoms with Gasteiger partial charge >= 0.3 is 0 Å². The molecule has 0 aliphatic carbocycles. The van der Waals surface area contributed by atoms with Gasteiger partial charge in [0.2, 0.25) is 10.0 Å². The van der Waals surface area contributed by atoms with E-state index in [1.165, 1.54) is 16.4 Å². The van der Waals surface area contributed by atoms with Crippen LogP contribution in [-0.4, -0.2) is 44.9 Å². The summed E-state index contributed by atoms with van der Waals surface area (Å²) in [4.78, 5) is 13.1. The van der Waals surface area contributed by atoms with Crippen LogP contribution in [0.2, 0.25) is 0 Å². The molecule has 1 aliphatic rings. The summed E-state index contributed by atoms with van der Waals surface area (Å²) in [5.74, 6) is -2.41. The molecule has 1 fully saturated rings. The predicted molar refractivity (Wildman–Crippen MR) is 125 cm³/mol. The van der Waals surface area contributed by atoms with Gasteiger partial charge < -0.3 is 10.1 Å². The summed E-state index contributed by atoms with van der Waals surface area (Å²) >= 11 is 0. The number of morpholine rings is 1. The van der Waals surface area contributed by atoms with Gasteiger partial charge in [-0.05, 0) is 35.7 Å². The zero-order chi connectivity index (χ0) is 24.3. The molecule has 9 heteroatoms. The van der Waals surface area contributed by atoms with Crippen LogP contribution >= 0.6 is 0 Å². The lowest BCUT2D eigenvalue weighted by Crippen LogP contribution is -2.41. The van der Waals surface area contributed by atoms with Crippen molar-refractivity contribution < 1.29 is 26.7 Å². The number of aryl methyl sites for hydroxylation is 1. The molecule has 0 spiro atoms. The number of sulfonamides is 1. The molecule has 1 saturated heterocycles. The fraction of sp³-hybridized carbons (Fsp3) is 0.240. The Hall–Kier alpha value is -3.14. The first-order valence-electron chi connectivity index (χ1n) is 10.9. The Bertz CT molecular complexity index is 1310. The molecule has 34 heavy (non-hydrogen) atoms. The Morgan fingerprint density at radius 1 is 1.03 bits per heavy atom. The highest BCUT2D eigenvalue weighted by Crippen LogP contribution is 2.32. The maximum absolute atomic E-state index is 14.7. The quantitative estimate of drug-likeness (QED) is 0.558. The average molecular weight is 487 g/mol. The molecule has 1 heterocycles. The number of anilines is 1. The fourth-order valence-electron chi connectivity index (χ4n) is 3.89. The highest BCUT2D eigenvalue weighted by Gasteiger charge is 2.29. The smallest absolute Gasteiger partial charge is 0.255 e. The van der Waals surface area contributed by atoms with Crippen LogP contribution in [-0.2, 0) is 21.2 Å². The summed E-state index contributed by atoms with van der Waals surface area (Å²) in [5, 5.41) is 2.51. The van der Waals surface area contributed by atoms with Crippen LogP contribution in [0, 0.1) is 11.6 Å². The monoisotopic (exact) mass is 486 g/mol. The molecule has 1 N–H and O–H groups in total. The minimum atomic E-state index is -3.85. The third-order valence-corrected chi connectivity index (χ3v) is 7.66. The van der Waals surface area contributed by atoms with Crippen LogP contribution in [0.4, 0.5) is 14.5 Å². The van der Waals surface area contributed by atoms with E-state index < -0.39 is 27.6 Å². The molecule has 0 bridgehead atoms. The summed E-state index contributed by atoms with van der Waals surface area (Å²) < 4.78 is 61.8. The first-order valence-corrected chi connectivity index (χ1v) is 12.3. The van der Waals surface area contributed by atoms with Gasteiger partial charge in [-0.25, -0.2) is 17.2 Å². The molecule has 0 saturated carbocycles. The lowest BCUT2D eigenvalue weighted by atomic mass is 10.0. The van der Waals surface area contributed by atoms with Gasteiger partial charge in [-0.3, -0.25) is 4.79 Å². The van der Waals surface area contributed by atoms with E-state index >= 15 is 0 Å². The number of nitrogens with zero attached hydrogens (tertiary/aromatic N) is 1. The first-order chi connectivity index (χ1) is 16.3. The van der Waals surface area contributed by atoms with Crippen molar-refractivity contribution in [3.05, 3.63) is 83.4 Å². The van der Waals surface area contributed by atoms with E-state index in [2.05, 4.69) is 5.32 Å². The topological polar surface area (TPSA) is 75.7 Å². The van der Waals surface area contributed by atoms with Crippen LogP contribution in [0.3, 0.4) is 0 Å². The van der Waals surface area contributed by atoms with Crippen molar-refractivity contribution in [2.75, 3.05) is 31.6 Å². The maximum atomic E-state index is 14.7. The second kappa shape index (κ2) is 10.0.